The van der Waals surface area contributed by atoms with Crippen molar-refractivity contribution in [3.05, 3.63) is 15.6 Å². The molecule has 6 heteroatoms. The van der Waals surface area contributed by atoms with Gasteiger partial charge in [-0.3, -0.25) is 0 Å². The van der Waals surface area contributed by atoms with E-state index in [2.05, 4.69) is 10.3 Å². The van der Waals surface area contributed by atoms with Gasteiger partial charge in [-0.15, -0.1) is 11.3 Å². The second-order valence-electron chi connectivity index (χ2n) is 5.18. The summed E-state index contributed by atoms with van der Waals surface area (Å²) in [6.45, 7) is 0.307. The van der Waals surface area contributed by atoms with Crippen molar-refractivity contribution < 1.29 is 13.2 Å². The maximum atomic E-state index is 12.9. The predicted molar refractivity (Wildman–Crippen MR) is 63.4 cm³/mol. The van der Waals surface area contributed by atoms with Crippen molar-refractivity contribution in [2.45, 2.75) is 50.9 Å². The Labute approximate surface area is 108 Å². The molecule has 0 bridgehead atoms. The van der Waals surface area contributed by atoms with Crippen LogP contribution in [0.25, 0.3) is 0 Å². The second-order valence-corrected chi connectivity index (χ2v) is 6.35. The summed E-state index contributed by atoms with van der Waals surface area (Å²) < 4.78 is 38.6. The van der Waals surface area contributed by atoms with E-state index in [1.807, 2.05) is 0 Å². The highest BCUT2D eigenvalue weighted by Gasteiger charge is 2.38. The molecule has 0 unspecified atom stereocenters. The van der Waals surface area contributed by atoms with Crippen molar-refractivity contribution in [3.8, 4) is 0 Å². The van der Waals surface area contributed by atoms with Gasteiger partial charge in [0.25, 0.3) is 0 Å². The van der Waals surface area contributed by atoms with Crippen LogP contribution in [0, 0.1) is 5.92 Å². The zero-order valence-electron chi connectivity index (χ0n) is 9.89. The van der Waals surface area contributed by atoms with E-state index in [0.717, 1.165) is 32.1 Å². The van der Waals surface area contributed by atoms with E-state index in [0.29, 0.717) is 28.4 Å². The van der Waals surface area contributed by atoms with Crippen molar-refractivity contribution in [1.29, 1.82) is 0 Å². The molecule has 2 aliphatic rings. The minimum absolute atomic E-state index is 0.307. The summed E-state index contributed by atoms with van der Waals surface area (Å²) in [5.74, 6) is 0.571. The summed E-state index contributed by atoms with van der Waals surface area (Å²) in [6.07, 6.45) is 0.827. The number of nitrogens with one attached hydrogen (secondary N) is 1. The first-order chi connectivity index (χ1) is 8.52. The molecule has 3 rings (SSSR count). The van der Waals surface area contributed by atoms with Crippen LogP contribution in [0.1, 0.15) is 41.3 Å². The molecule has 1 heterocycles. The molecule has 1 aromatic rings. The quantitative estimate of drug-likeness (QED) is 0.892. The molecule has 2 fully saturated rings. The van der Waals surface area contributed by atoms with Crippen molar-refractivity contribution in [2.75, 3.05) is 0 Å². The smallest absolute Gasteiger partial charge is 0.309 e. The molecule has 18 heavy (non-hydrogen) atoms. The lowest BCUT2D eigenvalue weighted by molar-refractivity contribution is -0.141. The minimum Gasteiger partial charge on any atom is -0.309 e. The highest BCUT2D eigenvalue weighted by atomic mass is 32.1. The number of alkyl halides is 3. The molecular formula is C12H15F3N2S. The maximum Gasteiger partial charge on any atom is 0.434 e. The first-order valence-corrected chi connectivity index (χ1v) is 7.13. The zero-order valence-corrected chi connectivity index (χ0v) is 10.7. The van der Waals surface area contributed by atoms with E-state index in [1.54, 1.807) is 0 Å². The second kappa shape index (κ2) is 4.49. The van der Waals surface area contributed by atoms with Crippen LogP contribution in [0.3, 0.4) is 0 Å². The lowest BCUT2D eigenvalue weighted by Gasteiger charge is -2.06. The third-order valence-corrected chi connectivity index (χ3v) is 4.38. The standard InChI is InChI=1S/C12H15F3N2S/c13-12(14,15)11-9(6-16-8-3-4-8)18-10(17-11)5-7-1-2-7/h7-8,16H,1-6H2. The van der Waals surface area contributed by atoms with Gasteiger partial charge in [0.05, 0.1) is 9.88 Å². The summed E-state index contributed by atoms with van der Waals surface area (Å²) in [4.78, 5) is 4.17. The number of aromatic nitrogens is 1. The van der Waals surface area contributed by atoms with Gasteiger partial charge in [-0.1, -0.05) is 0 Å². The summed E-state index contributed by atoms with van der Waals surface area (Å²) in [7, 11) is 0. The molecule has 2 aliphatic carbocycles. The van der Waals surface area contributed by atoms with Gasteiger partial charge in [0, 0.05) is 19.0 Å². The number of hydrogen-bond acceptors (Lipinski definition) is 3. The first-order valence-electron chi connectivity index (χ1n) is 6.31. The maximum absolute atomic E-state index is 12.9. The summed E-state index contributed by atoms with van der Waals surface area (Å²) >= 11 is 1.23. The molecule has 0 aromatic carbocycles. The van der Waals surface area contributed by atoms with Crippen LogP contribution >= 0.6 is 11.3 Å². The highest BCUT2D eigenvalue weighted by Crippen LogP contribution is 2.38. The van der Waals surface area contributed by atoms with E-state index in [1.165, 1.54) is 11.3 Å². The topological polar surface area (TPSA) is 24.9 Å². The number of halogens is 3. The van der Waals surface area contributed by atoms with Gasteiger partial charge in [-0.2, -0.15) is 13.2 Å². The Bertz CT molecular complexity index is 433. The minimum atomic E-state index is -4.32. The van der Waals surface area contributed by atoms with Crippen LogP contribution in [0.4, 0.5) is 13.2 Å². The third kappa shape index (κ3) is 3.03. The average molecular weight is 276 g/mol. The number of thiazole rings is 1. The largest absolute Gasteiger partial charge is 0.434 e. The van der Waals surface area contributed by atoms with Gasteiger partial charge in [0.2, 0.25) is 0 Å². The summed E-state index contributed by atoms with van der Waals surface area (Å²) in [5, 5.41) is 3.79. The molecule has 100 valence electrons. The number of hydrogen-bond donors (Lipinski definition) is 1. The van der Waals surface area contributed by atoms with E-state index in [-0.39, 0.29) is 0 Å². The Balaban J connectivity index is 1.75. The Morgan fingerprint density at radius 3 is 2.50 bits per heavy atom. The number of nitrogens with zero attached hydrogens (tertiary/aromatic N) is 1. The average Bonchev–Trinajstić information content (AvgIpc) is 3.15. The molecule has 0 radical (unpaired) electrons. The van der Waals surface area contributed by atoms with Gasteiger partial charge >= 0.3 is 6.18 Å². The highest BCUT2D eigenvalue weighted by molar-refractivity contribution is 7.11. The Hall–Kier alpha value is -0.620. The lowest BCUT2D eigenvalue weighted by atomic mass is 10.3. The Kier molecular flexibility index (Phi) is 3.10. The number of rotatable bonds is 5. The fourth-order valence-corrected chi connectivity index (χ4v) is 3.08. The van der Waals surface area contributed by atoms with E-state index in [4.69, 9.17) is 0 Å². The van der Waals surface area contributed by atoms with Crippen LogP contribution < -0.4 is 5.32 Å². The van der Waals surface area contributed by atoms with E-state index >= 15 is 0 Å². The molecule has 1 aromatic heterocycles. The third-order valence-electron chi connectivity index (χ3n) is 3.30. The predicted octanol–water partition coefficient (Wildman–Crippen LogP) is 3.37. The van der Waals surface area contributed by atoms with Crippen LogP contribution in [0.5, 0.6) is 0 Å². The molecule has 0 atom stereocenters. The van der Waals surface area contributed by atoms with Gasteiger partial charge in [-0.05, 0) is 31.6 Å². The van der Waals surface area contributed by atoms with Gasteiger partial charge in [0.15, 0.2) is 5.69 Å². The molecule has 2 nitrogen and oxygen atoms in total. The van der Waals surface area contributed by atoms with Crippen molar-refractivity contribution in [2.24, 2.45) is 5.92 Å². The van der Waals surface area contributed by atoms with Gasteiger partial charge < -0.3 is 5.32 Å². The van der Waals surface area contributed by atoms with E-state index < -0.39 is 11.9 Å². The Morgan fingerprint density at radius 2 is 1.94 bits per heavy atom. The molecule has 2 saturated carbocycles. The SMILES string of the molecule is FC(F)(F)c1nc(CC2CC2)sc1CNC1CC1. The molecule has 0 aliphatic heterocycles. The van der Waals surface area contributed by atoms with Gasteiger partial charge in [-0.25, -0.2) is 4.98 Å². The van der Waals surface area contributed by atoms with Crippen LogP contribution in [0.15, 0.2) is 0 Å². The molecule has 1 N–H and O–H groups in total. The fourth-order valence-electron chi connectivity index (χ4n) is 1.92. The fraction of sp³-hybridized carbons (Fsp3) is 0.750. The summed E-state index contributed by atoms with van der Waals surface area (Å²) in [5.41, 5.74) is -0.670. The monoisotopic (exact) mass is 276 g/mol. The lowest BCUT2D eigenvalue weighted by Crippen LogP contribution is -2.18. The zero-order chi connectivity index (χ0) is 12.8. The van der Waals surface area contributed by atoms with E-state index in [9.17, 15) is 13.2 Å². The normalized spacial score (nSPS) is 20.4. The van der Waals surface area contributed by atoms with Crippen LogP contribution in [-0.2, 0) is 19.1 Å². The summed E-state index contributed by atoms with van der Waals surface area (Å²) in [6, 6.07) is 0.417. The first kappa shape index (κ1) is 12.4. The molecule has 0 amide bonds. The van der Waals surface area contributed by atoms with Crippen LogP contribution in [-0.4, -0.2) is 11.0 Å². The van der Waals surface area contributed by atoms with Crippen molar-refractivity contribution in [3.63, 3.8) is 0 Å². The molecular weight excluding hydrogens is 261 g/mol. The van der Waals surface area contributed by atoms with Crippen LogP contribution in [0.2, 0.25) is 0 Å². The van der Waals surface area contributed by atoms with Gasteiger partial charge in [0.1, 0.15) is 0 Å². The van der Waals surface area contributed by atoms with Crippen molar-refractivity contribution >= 4 is 11.3 Å². The molecule has 0 spiro atoms. The molecule has 0 saturated heterocycles. The Morgan fingerprint density at radius 1 is 1.22 bits per heavy atom. The van der Waals surface area contributed by atoms with Crippen molar-refractivity contribution in [1.82, 2.24) is 10.3 Å².